The van der Waals surface area contributed by atoms with Crippen molar-refractivity contribution < 1.29 is 5.11 Å². The van der Waals surface area contributed by atoms with Crippen LogP contribution in [0.2, 0.25) is 0 Å². The summed E-state index contributed by atoms with van der Waals surface area (Å²) in [5.41, 5.74) is 7.18. The van der Waals surface area contributed by atoms with Gasteiger partial charge in [-0.1, -0.05) is 83.5 Å². The third kappa shape index (κ3) is 10.8. The Bertz CT molecular complexity index is 857. The highest BCUT2D eigenvalue weighted by Gasteiger charge is 2.06. The zero-order valence-electron chi connectivity index (χ0n) is 21.2. The third-order valence-electron chi connectivity index (χ3n) is 4.76. The van der Waals surface area contributed by atoms with Crippen LogP contribution >= 0.6 is 0 Å². The van der Waals surface area contributed by atoms with Gasteiger partial charge >= 0.3 is 0 Å². The molecule has 0 atom stereocenters. The number of phenolic OH excluding ortho intramolecular Hbond substituents is 1. The predicted molar refractivity (Wildman–Crippen MR) is 140 cm³/mol. The van der Waals surface area contributed by atoms with Gasteiger partial charge in [-0.3, -0.25) is 4.99 Å². The molecular weight excluding hydrogens is 378 g/mol. The number of rotatable bonds is 6. The molecule has 1 N–H and O–H groups in total. The van der Waals surface area contributed by atoms with Crippen LogP contribution in [0.25, 0.3) is 0 Å². The molecule has 0 saturated heterocycles. The normalized spacial score (nSPS) is 11.7. The first-order chi connectivity index (χ1) is 14.8. The number of nitrogens with zero attached hydrogens (tertiary/aromatic N) is 1. The lowest BCUT2D eigenvalue weighted by atomic mass is 9.98. The van der Waals surface area contributed by atoms with Gasteiger partial charge in [0.25, 0.3) is 0 Å². The number of para-hydroxylation sites is 1. The van der Waals surface area contributed by atoms with E-state index in [1.807, 2.05) is 58.0 Å². The van der Waals surface area contributed by atoms with E-state index in [0.717, 1.165) is 24.2 Å². The summed E-state index contributed by atoms with van der Waals surface area (Å²) in [6.45, 7) is 18.8. The van der Waals surface area contributed by atoms with Gasteiger partial charge in [0.1, 0.15) is 5.75 Å². The molecule has 2 rings (SSSR count). The predicted octanol–water partition coefficient (Wildman–Crippen LogP) is 8.93. The molecule has 0 fully saturated rings. The lowest BCUT2D eigenvalue weighted by molar-refractivity contribution is 0.474. The molecular formula is C29H43NO. The zero-order valence-corrected chi connectivity index (χ0v) is 21.2. The van der Waals surface area contributed by atoms with Gasteiger partial charge in [0.15, 0.2) is 0 Å². The number of aryl methyl sites for hydroxylation is 3. The summed E-state index contributed by atoms with van der Waals surface area (Å²) < 4.78 is 0. The fourth-order valence-electron chi connectivity index (χ4n) is 3.09. The summed E-state index contributed by atoms with van der Waals surface area (Å²) in [5.74, 6) is 0.844. The highest BCUT2D eigenvalue weighted by atomic mass is 16.3. The Kier molecular flexibility index (Phi) is 14.8. The number of aromatic hydroxyl groups is 1. The van der Waals surface area contributed by atoms with Crippen LogP contribution in [-0.4, -0.2) is 10.8 Å². The van der Waals surface area contributed by atoms with Crippen LogP contribution in [0.3, 0.4) is 0 Å². The number of aliphatic imine (C=N–C) groups is 1. The summed E-state index contributed by atoms with van der Waals surface area (Å²) >= 11 is 0. The van der Waals surface area contributed by atoms with E-state index < -0.39 is 0 Å². The van der Waals surface area contributed by atoms with E-state index in [4.69, 9.17) is 10.1 Å². The Morgan fingerprint density at radius 1 is 1.03 bits per heavy atom. The van der Waals surface area contributed by atoms with Crippen molar-refractivity contribution >= 4 is 11.4 Å². The van der Waals surface area contributed by atoms with Crippen LogP contribution in [-0.2, 0) is 6.42 Å². The summed E-state index contributed by atoms with van der Waals surface area (Å²) in [4.78, 5) is 4.75. The van der Waals surface area contributed by atoms with E-state index in [2.05, 4.69) is 58.9 Å². The van der Waals surface area contributed by atoms with Crippen molar-refractivity contribution in [3.8, 4) is 5.75 Å². The van der Waals surface area contributed by atoms with E-state index >= 15 is 0 Å². The molecule has 0 aliphatic heterocycles. The first-order valence-corrected chi connectivity index (χ1v) is 11.5. The number of hydrogen-bond acceptors (Lipinski definition) is 2. The summed E-state index contributed by atoms with van der Waals surface area (Å²) in [6, 6.07) is 13.8. The molecule has 2 nitrogen and oxygen atoms in total. The smallest absolute Gasteiger partial charge is 0.115 e. The van der Waals surface area contributed by atoms with Crippen LogP contribution in [0.5, 0.6) is 5.75 Å². The summed E-state index contributed by atoms with van der Waals surface area (Å²) in [7, 11) is 0. The fourth-order valence-corrected chi connectivity index (χ4v) is 3.09. The molecule has 0 amide bonds. The monoisotopic (exact) mass is 421 g/mol. The molecule has 0 saturated carbocycles. The Hall–Kier alpha value is -2.61. The van der Waals surface area contributed by atoms with Crippen molar-refractivity contribution in [2.24, 2.45) is 10.9 Å². The topological polar surface area (TPSA) is 32.6 Å². The number of benzene rings is 2. The van der Waals surface area contributed by atoms with Crippen molar-refractivity contribution in [3.05, 3.63) is 83.0 Å². The fraction of sp³-hybridized carbons (Fsp3) is 0.414. The van der Waals surface area contributed by atoms with Crippen molar-refractivity contribution in [2.75, 3.05) is 0 Å². The van der Waals surface area contributed by atoms with Gasteiger partial charge in [-0.25, -0.2) is 0 Å². The van der Waals surface area contributed by atoms with Crippen molar-refractivity contribution in [3.63, 3.8) is 0 Å². The standard InChI is InChI=1S/C17H23N.C10H14O.C2H6/c1-6-7-11-16(13(2)3)15(5)18-17-12-9-8-10-14(17)4;1-3-4-9-5-6-10(11)7-8(9)2;1-2/h6-13H,1-5H3;5-7,11H,3-4H2,1-2H3;1-2H3/b7-6-,16-11+,18-15?;;. The van der Waals surface area contributed by atoms with Gasteiger partial charge < -0.3 is 5.11 Å². The molecule has 170 valence electrons. The van der Waals surface area contributed by atoms with Crippen LogP contribution in [0.1, 0.15) is 71.6 Å². The summed E-state index contributed by atoms with van der Waals surface area (Å²) in [6.07, 6.45) is 8.54. The van der Waals surface area contributed by atoms with E-state index in [0.29, 0.717) is 11.7 Å². The first-order valence-electron chi connectivity index (χ1n) is 11.5. The van der Waals surface area contributed by atoms with Gasteiger partial charge in [-0.2, -0.15) is 0 Å². The maximum absolute atomic E-state index is 9.11. The van der Waals surface area contributed by atoms with Gasteiger partial charge in [0.05, 0.1) is 5.69 Å². The second kappa shape index (κ2) is 16.1. The molecule has 0 unspecified atom stereocenters. The molecule has 2 aromatic rings. The second-order valence-corrected chi connectivity index (χ2v) is 7.65. The van der Waals surface area contributed by atoms with E-state index in [1.54, 1.807) is 6.07 Å². The quantitative estimate of drug-likeness (QED) is 0.366. The molecule has 2 aromatic carbocycles. The van der Waals surface area contributed by atoms with Gasteiger partial charge in [-0.15, -0.1) is 0 Å². The highest BCUT2D eigenvalue weighted by molar-refractivity contribution is 6.00. The molecule has 0 spiro atoms. The largest absolute Gasteiger partial charge is 0.508 e. The molecule has 0 aliphatic rings. The Morgan fingerprint density at radius 2 is 1.68 bits per heavy atom. The molecule has 0 radical (unpaired) electrons. The first kappa shape index (κ1) is 28.4. The van der Waals surface area contributed by atoms with Crippen LogP contribution in [0, 0.1) is 19.8 Å². The maximum atomic E-state index is 9.11. The lowest BCUT2D eigenvalue weighted by Crippen LogP contribution is -2.04. The lowest BCUT2D eigenvalue weighted by Gasteiger charge is -2.11. The van der Waals surface area contributed by atoms with E-state index in [1.165, 1.54) is 22.3 Å². The SMILES string of the molecule is C/C=C\C=C(\C(C)=Nc1ccccc1C)C(C)C.CC.CCCc1ccc(O)cc1C. The minimum absolute atomic E-state index is 0.363. The van der Waals surface area contributed by atoms with Gasteiger partial charge in [0, 0.05) is 5.71 Å². The Labute approximate surface area is 191 Å². The third-order valence-corrected chi connectivity index (χ3v) is 4.76. The van der Waals surface area contributed by atoms with Crippen LogP contribution in [0.4, 0.5) is 5.69 Å². The molecule has 0 heterocycles. The average molecular weight is 422 g/mol. The highest BCUT2D eigenvalue weighted by Crippen LogP contribution is 2.21. The summed E-state index contributed by atoms with van der Waals surface area (Å²) in [5, 5.41) is 9.11. The molecule has 31 heavy (non-hydrogen) atoms. The molecule has 0 aromatic heterocycles. The Balaban J connectivity index is 0.000000591. The molecule has 0 aliphatic carbocycles. The minimum Gasteiger partial charge on any atom is -0.508 e. The second-order valence-electron chi connectivity index (χ2n) is 7.65. The maximum Gasteiger partial charge on any atom is 0.115 e. The van der Waals surface area contributed by atoms with Crippen molar-refractivity contribution in [2.45, 2.75) is 75.2 Å². The van der Waals surface area contributed by atoms with Crippen molar-refractivity contribution in [1.29, 1.82) is 0 Å². The van der Waals surface area contributed by atoms with Crippen LogP contribution < -0.4 is 0 Å². The zero-order chi connectivity index (χ0) is 23.8. The van der Waals surface area contributed by atoms with Gasteiger partial charge in [0.2, 0.25) is 0 Å². The minimum atomic E-state index is 0.363. The van der Waals surface area contributed by atoms with Crippen LogP contribution in [0.15, 0.2) is 71.3 Å². The average Bonchev–Trinajstić information content (AvgIpc) is 2.74. The Morgan fingerprint density at radius 3 is 2.19 bits per heavy atom. The number of phenols is 1. The van der Waals surface area contributed by atoms with Crippen molar-refractivity contribution in [1.82, 2.24) is 0 Å². The van der Waals surface area contributed by atoms with E-state index in [-0.39, 0.29) is 0 Å². The van der Waals surface area contributed by atoms with Gasteiger partial charge in [-0.05, 0) is 80.5 Å². The number of hydrogen-bond donors (Lipinski definition) is 1. The van der Waals surface area contributed by atoms with E-state index in [9.17, 15) is 0 Å². The number of allylic oxidation sites excluding steroid dienone is 4. The molecule has 2 heteroatoms. The molecule has 0 bridgehead atoms.